The number of amides is 1. The van der Waals surface area contributed by atoms with Gasteiger partial charge in [0.2, 0.25) is 15.9 Å². The molecule has 1 rings (SSSR count). The molecule has 0 aromatic carbocycles. The number of carbonyl (C=O) groups excluding carboxylic acids is 1. The van der Waals surface area contributed by atoms with Crippen molar-refractivity contribution in [3.8, 4) is 0 Å². The molecule has 1 aliphatic heterocycles. The van der Waals surface area contributed by atoms with Gasteiger partial charge in [-0.25, -0.2) is 8.42 Å². The van der Waals surface area contributed by atoms with Crippen molar-refractivity contribution in [3.63, 3.8) is 0 Å². The summed E-state index contributed by atoms with van der Waals surface area (Å²) in [6, 6.07) is -0.618. The van der Waals surface area contributed by atoms with E-state index in [1.54, 1.807) is 0 Å². The molecule has 1 saturated heterocycles. The van der Waals surface area contributed by atoms with Gasteiger partial charge < -0.3 is 10.4 Å². The Hall–Kier alpha value is -0.660. The maximum absolute atomic E-state index is 12.2. The summed E-state index contributed by atoms with van der Waals surface area (Å²) in [6.45, 7) is 6.40. The van der Waals surface area contributed by atoms with E-state index >= 15 is 0 Å². The topological polar surface area (TPSA) is 86.7 Å². The van der Waals surface area contributed by atoms with E-state index < -0.39 is 22.2 Å². The molecule has 0 aromatic heterocycles. The molecule has 1 amide bonds. The summed E-state index contributed by atoms with van der Waals surface area (Å²) in [5, 5.41) is 12.5. The van der Waals surface area contributed by atoms with E-state index in [0.29, 0.717) is 38.1 Å². The minimum absolute atomic E-state index is 0.0761. The summed E-state index contributed by atoms with van der Waals surface area (Å²) in [5.74, 6) is 0.132. The zero-order valence-electron chi connectivity index (χ0n) is 13.2. The van der Waals surface area contributed by atoms with Gasteiger partial charge in [0, 0.05) is 13.1 Å². The molecule has 0 bridgehead atoms. The summed E-state index contributed by atoms with van der Waals surface area (Å²) in [7, 11) is -3.35. The highest BCUT2D eigenvalue weighted by Gasteiger charge is 2.37. The SMILES string of the molecule is CCCS(=O)(=O)N1CCCC1C(=O)NCC(O)CC(C)C. The molecule has 0 saturated carbocycles. The lowest BCUT2D eigenvalue weighted by Gasteiger charge is -2.24. The average Bonchev–Trinajstić information content (AvgIpc) is 2.85. The second kappa shape index (κ2) is 8.10. The highest BCUT2D eigenvalue weighted by Crippen LogP contribution is 2.22. The molecule has 2 unspecified atom stereocenters. The van der Waals surface area contributed by atoms with Gasteiger partial charge in [0.25, 0.3) is 0 Å². The monoisotopic (exact) mass is 320 g/mol. The minimum Gasteiger partial charge on any atom is -0.391 e. The van der Waals surface area contributed by atoms with Crippen LogP contribution in [0.5, 0.6) is 0 Å². The molecule has 1 aliphatic rings. The fourth-order valence-corrected chi connectivity index (χ4v) is 4.42. The Balaban J connectivity index is 2.57. The molecule has 6 nitrogen and oxygen atoms in total. The molecule has 1 heterocycles. The van der Waals surface area contributed by atoms with Gasteiger partial charge in [-0.2, -0.15) is 4.31 Å². The van der Waals surface area contributed by atoms with E-state index in [1.807, 2.05) is 20.8 Å². The van der Waals surface area contributed by atoms with Crippen molar-refractivity contribution in [2.24, 2.45) is 5.92 Å². The van der Waals surface area contributed by atoms with Gasteiger partial charge in [-0.15, -0.1) is 0 Å². The van der Waals surface area contributed by atoms with Crippen LogP contribution in [0.15, 0.2) is 0 Å². The average molecular weight is 320 g/mol. The largest absolute Gasteiger partial charge is 0.391 e. The Morgan fingerprint density at radius 2 is 2.10 bits per heavy atom. The number of rotatable bonds is 8. The molecule has 0 aliphatic carbocycles. The van der Waals surface area contributed by atoms with Gasteiger partial charge in [0.05, 0.1) is 11.9 Å². The molecular weight excluding hydrogens is 292 g/mol. The second-order valence-electron chi connectivity index (χ2n) is 6.11. The fourth-order valence-electron chi connectivity index (χ4n) is 2.67. The Morgan fingerprint density at radius 3 is 2.67 bits per heavy atom. The van der Waals surface area contributed by atoms with Crippen LogP contribution in [0.3, 0.4) is 0 Å². The third-order valence-corrected chi connectivity index (χ3v) is 5.66. The molecule has 2 N–H and O–H groups in total. The molecule has 1 fully saturated rings. The molecule has 21 heavy (non-hydrogen) atoms. The lowest BCUT2D eigenvalue weighted by atomic mass is 10.1. The number of aliphatic hydroxyl groups excluding tert-OH is 1. The first-order valence-corrected chi connectivity index (χ1v) is 9.34. The van der Waals surface area contributed by atoms with E-state index in [0.717, 1.165) is 0 Å². The number of aliphatic hydroxyl groups is 1. The van der Waals surface area contributed by atoms with Crippen molar-refractivity contribution in [2.75, 3.05) is 18.8 Å². The van der Waals surface area contributed by atoms with Crippen LogP contribution in [0.25, 0.3) is 0 Å². The molecule has 2 atom stereocenters. The van der Waals surface area contributed by atoms with Gasteiger partial charge in [-0.05, 0) is 31.6 Å². The maximum Gasteiger partial charge on any atom is 0.238 e. The van der Waals surface area contributed by atoms with E-state index in [1.165, 1.54) is 4.31 Å². The van der Waals surface area contributed by atoms with Crippen LogP contribution in [0, 0.1) is 5.92 Å². The van der Waals surface area contributed by atoms with Gasteiger partial charge in [-0.1, -0.05) is 20.8 Å². The standard InChI is InChI=1S/C14H28N2O4S/c1-4-8-21(19,20)16-7-5-6-13(16)14(18)15-10-12(17)9-11(2)3/h11-13,17H,4-10H2,1-3H3,(H,15,18). The van der Waals surface area contributed by atoms with Crippen LogP contribution in [0.1, 0.15) is 46.5 Å². The summed E-state index contributed by atoms with van der Waals surface area (Å²) >= 11 is 0. The van der Waals surface area contributed by atoms with Crippen LogP contribution < -0.4 is 5.32 Å². The van der Waals surface area contributed by atoms with Gasteiger partial charge in [0.15, 0.2) is 0 Å². The summed E-state index contributed by atoms with van der Waals surface area (Å²) in [5.41, 5.74) is 0. The van der Waals surface area contributed by atoms with Gasteiger partial charge in [0.1, 0.15) is 6.04 Å². The van der Waals surface area contributed by atoms with Gasteiger partial charge >= 0.3 is 0 Å². The van der Waals surface area contributed by atoms with Crippen molar-refractivity contribution >= 4 is 15.9 Å². The predicted molar refractivity (Wildman–Crippen MR) is 82.3 cm³/mol. The summed E-state index contributed by atoms with van der Waals surface area (Å²) in [4.78, 5) is 12.2. The number of hydrogen-bond donors (Lipinski definition) is 2. The first kappa shape index (κ1) is 18.4. The van der Waals surface area contributed by atoms with Crippen molar-refractivity contribution in [2.45, 2.75) is 58.6 Å². The second-order valence-corrected chi connectivity index (χ2v) is 8.15. The van der Waals surface area contributed by atoms with Gasteiger partial charge in [-0.3, -0.25) is 4.79 Å². The third kappa shape index (κ3) is 5.56. The number of carbonyl (C=O) groups is 1. The molecule has 0 spiro atoms. The van der Waals surface area contributed by atoms with Crippen molar-refractivity contribution in [3.05, 3.63) is 0 Å². The smallest absolute Gasteiger partial charge is 0.238 e. The Labute approximate surface area is 128 Å². The van der Waals surface area contributed by atoms with Crippen LogP contribution in [-0.2, 0) is 14.8 Å². The number of nitrogens with one attached hydrogen (secondary N) is 1. The van der Waals surface area contributed by atoms with Crippen LogP contribution >= 0.6 is 0 Å². The predicted octanol–water partition coefficient (Wildman–Crippen LogP) is 0.714. The first-order valence-electron chi connectivity index (χ1n) is 7.73. The normalized spacial score (nSPS) is 21.7. The van der Waals surface area contributed by atoms with Crippen molar-refractivity contribution < 1.29 is 18.3 Å². The zero-order valence-corrected chi connectivity index (χ0v) is 14.0. The fraction of sp³-hybridized carbons (Fsp3) is 0.929. The van der Waals surface area contributed by atoms with Crippen LogP contribution in [-0.4, -0.2) is 54.7 Å². The lowest BCUT2D eigenvalue weighted by molar-refractivity contribution is -0.124. The molecular formula is C14H28N2O4S. The van der Waals surface area contributed by atoms with Crippen LogP contribution in [0.4, 0.5) is 0 Å². The minimum atomic E-state index is -3.35. The van der Waals surface area contributed by atoms with E-state index in [9.17, 15) is 18.3 Å². The Morgan fingerprint density at radius 1 is 1.43 bits per heavy atom. The molecule has 124 valence electrons. The maximum atomic E-state index is 12.2. The Bertz CT molecular complexity index is 436. The quantitative estimate of drug-likeness (QED) is 0.690. The lowest BCUT2D eigenvalue weighted by Crippen LogP contribution is -2.48. The zero-order chi connectivity index (χ0) is 16.0. The van der Waals surface area contributed by atoms with E-state index in [2.05, 4.69) is 5.32 Å². The third-order valence-electron chi connectivity index (χ3n) is 3.58. The highest BCUT2D eigenvalue weighted by atomic mass is 32.2. The number of hydrogen-bond acceptors (Lipinski definition) is 4. The summed E-state index contributed by atoms with van der Waals surface area (Å²) < 4.78 is 25.6. The molecule has 7 heteroatoms. The van der Waals surface area contributed by atoms with Crippen molar-refractivity contribution in [1.82, 2.24) is 9.62 Å². The van der Waals surface area contributed by atoms with E-state index in [4.69, 9.17) is 0 Å². The number of nitrogens with zero attached hydrogens (tertiary/aromatic N) is 1. The first-order chi connectivity index (χ1) is 9.77. The Kier molecular flexibility index (Phi) is 7.09. The highest BCUT2D eigenvalue weighted by molar-refractivity contribution is 7.89. The van der Waals surface area contributed by atoms with Crippen LogP contribution in [0.2, 0.25) is 0 Å². The summed E-state index contributed by atoms with van der Waals surface area (Å²) in [6.07, 6.45) is 1.82. The van der Waals surface area contributed by atoms with E-state index in [-0.39, 0.29) is 18.2 Å². The number of sulfonamides is 1. The molecule has 0 radical (unpaired) electrons. The molecule has 0 aromatic rings. The van der Waals surface area contributed by atoms with Crippen molar-refractivity contribution in [1.29, 1.82) is 0 Å².